The van der Waals surface area contributed by atoms with E-state index in [1.54, 1.807) is 11.9 Å². The Bertz CT molecular complexity index is 270. The monoisotopic (exact) mass is 279 g/mol. The number of halogens is 1. The van der Waals surface area contributed by atoms with E-state index in [4.69, 9.17) is 4.74 Å². The van der Waals surface area contributed by atoms with E-state index in [0.717, 1.165) is 0 Å². The summed E-state index contributed by atoms with van der Waals surface area (Å²) in [4.78, 5) is 25.3. The second-order valence-electron chi connectivity index (χ2n) is 4.00. The first-order chi connectivity index (χ1) is 8.19. The first-order valence-corrected chi connectivity index (χ1v) is 5.99. The van der Waals surface area contributed by atoms with Crippen LogP contribution in [0.4, 0.5) is 0 Å². The van der Waals surface area contributed by atoms with Gasteiger partial charge >= 0.3 is 0 Å². The van der Waals surface area contributed by atoms with Crippen LogP contribution in [0.2, 0.25) is 0 Å². The van der Waals surface area contributed by atoms with E-state index in [1.807, 2.05) is 6.92 Å². The van der Waals surface area contributed by atoms with Gasteiger partial charge in [0.1, 0.15) is 6.04 Å². The minimum atomic E-state index is -0.422. The third-order valence-corrected chi connectivity index (χ3v) is 2.70. The molecule has 106 valence electrons. The van der Waals surface area contributed by atoms with E-state index >= 15 is 0 Å². The Hall–Kier alpha value is -0.850. The van der Waals surface area contributed by atoms with Crippen LogP contribution in [-0.4, -0.2) is 62.7 Å². The molecule has 0 aliphatic carbocycles. The summed E-state index contributed by atoms with van der Waals surface area (Å²) in [6.07, 6.45) is 0.603. The summed E-state index contributed by atoms with van der Waals surface area (Å²) >= 11 is 0. The number of amides is 2. The predicted molar refractivity (Wildman–Crippen MR) is 70.8 cm³/mol. The van der Waals surface area contributed by atoms with E-state index in [0.29, 0.717) is 32.7 Å². The zero-order valence-electron chi connectivity index (χ0n) is 10.9. The smallest absolute Gasteiger partial charge is 0.245 e. The van der Waals surface area contributed by atoms with Crippen LogP contribution in [0.5, 0.6) is 0 Å². The lowest BCUT2D eigenvalue weighted by Gasteiger charge is -2.30. The molecule has 2 N–H and O–H groups in total. The topological polar surface area (TPSA) is 70.7 Å². The molecule has 1 rings (SSSR count). The van der Waals surface area contributed by atoms with Crippen LogP contribution < -0.4 is 10.6 Å². The SMILES string of the molecule is CCC(NC(=O)CNC)C(=O)N1CCOCC1.Cl. The van der Waals surface area contributed by atoms with Gasteiger partial charge in [0.15, 0.2) is 0 Å². The highest BCUT2D eigenvalue weighted by atomic mass is 35.5. The number of morpholine rings is 1. The third kappa shape index (κ3) is 5.20. The van der Waals surface area contributed by atoms with E-state index in [9.17, 15) is 9.59 Å². The first kappa shape index (κ1) is 17.2. The summed E-state index contributed by atoms with van der Waals surface area (Å²) in [6, 6.07) is -0.422. The number of nitrogens with zero attached hydrogens (tertiary/aromatic N) is 1. The Kier molecular flexibility index (Phi) is 8.70. The number of carbonyl (C=O) groups is 2. The third-order valence-electron chi connectivity index (χ3n) is 2.70. The predicted octanol–water partition coefficient (Wildman–Crippen LogP) is -0.619. The van der Waals surface area contributed by atoms with E-state index < -0.39 is 6.04 Å². The second kappa shape index (κ2) is 9.13. The molecule has 6 nitrogen and oxygen atoms in total. The molecular formula is C11H22ClN3O3. The van der Waals surface area contributed by atoms with E-state index in [2.05, 4.69) is 10.6 Å². The molecule has 0 aromatic carbocycles. The van der Waals surface area contributed by atoms with Gasteiger partial charge in [-0.05, 0) is 13.5 Å². The van der Waals surface area contributed by atoms with Gasteiger partial charge in [-0.2, -0.15) is 0 Å². The summed E-state index contributed by atoms with van der Waals surface area (Å²) in [5.41, 5.74) is 0. The van der Waals surface area contributed by atoms with Crippen LogP contribution in [0.1, 0.15) is 13.3 Å². The van der Waals surface area contributed by atoms with E-state index in [1.165, 1.54) is 0 Å². The fraction of sp³-hybridized carbons (Fsp3) is 0.818. The highest BCUT2D eigenvalue weighted by Crippen LogP contribution is 2.03. The fourth-order valence-corrected chi connectivity index (χ4v) is 1.75. The zero-order valence-corrected chi connectivity index (χ0v) is 11.7. The quantitative estimate of drug-likeness (QED) is 0.704. The Morgan fingerprint density at radius 2 is 1.94 bits per heavy atom. The lowest BCUT2D eigenvalue weighted by atomic mass is 10.2. The number of nitrogens with one attached hydrogen (secondary N) is 2. The normalized spacial score (nSPS) is 16.7. The summed E-state index contributed by atoms with van der Waals surface area (Å²) in [5.74, 6) is -0.166. The molecule has 2 amide bonds. The van der Waals surface area contributed by atoms with Crippen LogP contribution in [0, 0.1) is 0 Å². The van der Waals surface area contributed by atoms with Crippen molar-refractivity contribution in [3.63, 3.8) is 0 Å². The maximum absolute atomic E-state index is 12.1. The largest absolute Gasteiger partial charge is 0.378 e. The maximum atomic E-state index is 12.1. The number of likely N-dealkylation sites (N-methyl/N-ethyl adjacent to an activating group) is 1. The summed E-state index contributed by atoms with van der Waals surface area (Å²) in [6.45, 7) is 4.49. The van der Waals surface area contributed by atoms with Gasteiger partial charge in [-0.1, -0.05) is 6.92 Å². The lowest BCUT2D eigenvalue weighted by Crippen LogP contribution is -2.52. The first-order valence-electron chi connectivity index (χ1n) is 5.99. The molecule has 0 bridgehead atoms. The molecule has 1 atom stereocenters. The Balaban J connectivity index is 0.00000289. The van der Waals surface area contributed by atoms with Crippen molar-refractivity contribution in [3.8, 4) is 0 Å². The molecule has 7 heteroatoms. The van der Waals surface area contributed by atoms with Crippen LogP contribution in [-0.2, 0) is 14.3 Å². The molecule has 1 heterocycles. The van der Waals surface area contributed by atoms with Crippen LogP contribution in [0.25, 0.3) is 0 Å². The number of rotatable bonds is 5. The highest BCUT2D eigenvalue weighted by Gasteiger charge is 2.25. The molecule has 1 unspecified atom stereocenters. The molecule has 0 aromatic heterocycles. The summed E-state index contributed by atoms with van der Waals surface area (Å²) < 4.78 is 5.19. The van der Waals surface area contributed by atoms with Crippen molar-refractivity contribution >= 4 is 24.2 Å². The molecular weight excluding hydrogens is 258 g/mol. The van der Waals surface area contributed by atoms with Gasteiger partial charge in [0.05, 0.1) is 19.8 Å². The van der Waals surface area contributed by atoms with Gasteiger partial charge in [0.25, 0.3) is 0 Å². The fourth-order valence-electron chi connectivity index (χ4n) is 1.75. The van der Waals surface area contributed by atoms with Gasteiger partial charge in [-0.25, -0.2) is 0 Å². The molecule has 0 radical (unpaired) electrons. The molecule has 1 fully saturated rings. The molecule has 0 spiro atoms. The van der Waals surface area contributed by atoms with Crippen molar-refractivity contribution in [1.29, 1.82) is 0 Å². The summed E-state index contributed by atoms with van der Waals surface area (Å²) in [7, 11) is 1.70. The maximum Gasteiger partial charge on any atom is 0.245 e. The lowest BCUT2D eigenvalue weighted by molar-refractivity contribution is -0.139. The standard InChI is InChI=1S/C11H21N3O3.ClH/c1-3-9(13-10(15)8-12-2)11(16)14-4-6-17-7-5-14;/h9,12H,3-8H2,1-2H3,(H,13,15);1H. The molecule has 0 aromatic rings. The zero-order chi connectivity index (χ0) is 12.7. The molecule has 1 saturated heterocycles. The molecule has 18 heavy (non-hydrogen) atoms. The van der Waals surface area contributed by atoms with Crippen molar-refractivity contribution in [2.75, 3.05) is 39.9 Å². The van der Waals surface area contributed by atoms with Crippen molar-refractivity contribution < 1.29 is 14.3 Å². The van der Waals surface area contributed by atoms with Crippen molar-refractivity contribution in [3.05, 3.63) is 0 Å². The highest BCUT2D eigenvalue weighted by molar-refractivity contribution is 5.88. The average Bonchev–Trinajstić information content (AvgIpc) is 2.36. The molecule has 0 saturated carbocycles. The number of hydrogen-bond donors (Lipinski definition) is 2. The van der Waals surface area contributed by atoms with Gasteiger partial charge in [-0.15, -0.1) is 12.4 Å². The van der Waals surface area contributed by atoms with Crippen LogP contribution in [0.3, 0.4) is 0 Å². The van der Waals surface area contributed by atoms with E-state index in [-0.39, 0.29) is 30.8 Å². The van der Waals surface area contributed by atoms with Crippen LogP contribution >= 0.6 is 12.4 Å². The number of carbonyl (C=O) groups excluding carboxylic acids is 2. The number of ether oxygens (including phenoxy) is 1. The molecule has 1 aliphatic rings. The minimum Gasteiger partial charge on any atom is -0.378 e. The van der Waals surface area contributed by atoms with Crippen molar-refractivity contribution in [2.24, 2.45) is 0 Å². The van der Waals surface area contributed by atoms with Crippen LogP contribution in [0.15, 0.2) is 0 Å². The Morgan fingerprint density at radius 3 is 2.44 bits per heavy atom. The summed E-state index contributed by atoms with van der Waals surface area (Å²) in [5, 5.41) is 5.49. The Labute approximate surface area is 114 Å². The Morgan fingerprint density at radius 1 is 1.33 bits per heavy atom. The number of hydrogen-bond acceptors (Lipinski definition) is 4. The van der Waals surface area contributed by atoms with Crippen molar-refractivity contribution in [2.45, 2.75) is 19.4 Å². The minimum absolute atomic E-state index is 0. The second-order valence-corrected chi connectivity index (χ2v) is 4.00. The van der Waals surface area contributed by atoms with Gasteiger partial charge in [0.2, 0.25) is 11.8 Å². The molecule has 1 aliphatic heterocycles. The average molecular weight is 280 g/mol. The van der Waals surface area contributed by atoms with Gasteiger partial charge in [-0.3, -0.25) is 9.59 Å². The van der Waals surface area contributed by atoms with Crippen molar-refractivity contribution in [1.82, 2.24) is 15.5 Å². The van der Waals surface area contributed by atoms with Gasteiger partial charge in [0, 0.05) is 13.1 Å². The van der Waals surface area contributed by atoms with Gasteiger partial charge < -0.3 is 20.3 Å².